The molecule has 34 heavy (non-hydrogen) atoms. The number of anilines is 2. The number of amides is 1. The van der Waals surface area contributed by atoms with Crippen LogP contribution in [0.2, 0.25) is 0 Å². The third-order valence-electron chi connectivity index (χ3n) is 5.99. The van der Waals surface area contributed by atoms with Crippen LogP contribution in [0, 0.1) is 5.92 Å². The molecule has 3 aromatic rings. The molecule has 1 aliphatic rings. The Morgan fingerprint density at radius 1 is 1.15 bits per heavy atom. The first-order valence-corrected chi connectivity index (χ1v) is 11.6. The maximum Gasteiger partial charge on any atom is 0.254 e. The highest BCUT2D eigenvalue weighted by molar-refractivity contribution is 5.93. The van der Waals surface area contributed by atoms with Gasteiger partial charge in [-0.3, -0.25) is 4.79 Å². The summed E-state index contributed by atoms with van der Waals surface area (Å²) in [4.78, 5) is 29.4. The number of fused-ring (bicyclic) bond motifs is 1. The van der Waals surface area contributed by atoms with Gasteiger partial charge >= 0.3 is 0 Å². The molecule has 0 spiro atoms. The Morgan fingerprint density at radius 2 is 1.91 bits per heavy atom. The zero-order chi connectivity index (χ0) is 23.9. The summed E-state index contributed by atoms with van der Waals surface area (Å²) in [7, 11) is 1.61. The number of ether oxygens (including phenoxy) is 1. The van der Waals surface area contributed by atoms with Gasteiger partial charge in [-0.05, 0) is 56.7 Å². The lowest BCUT2D eigenvalue weighted by atomic mass is 9.86. The Balaban J connectivity index is 1.23. The van der Waals surface area contributed by atoms with Gasteiger partial charge < -0.3 is 25.8 Å². The lowest BCUT2D eigenvalue weighted by molar-refractivity contribution is 0.0923. The van der Waals surface area contributed by atoms with E-state index in [9.17, 15) is 9.90 Å². The van der Waals surface area contributed by atoms with Gasteiger partial charge in [0, 0.05) is 43.1 Å². The zero-order valence-corrected chi connectivity index (χ0v) is 19.5. The summed E-state index contributed by atoms with van der Waals surface area (Å²) in [6.45, 7) is 2.60. The summed E-state index contributed by atoms with van der Waals surface area (Å²) in [6, 6.07) is 6.34. The minimum atomic E-state index is -0.597. The molecule has 1 unspecified atom stereocenters. The number of carbonyl (C=O) groups excluding carboxylic acids is 1. The Bertz CT molecular complexity index is 1100. The summed E-state index contributed by atoms with van der Waals surface area (Å²) in [5.41, 5.74) is 1.13. The molecule has 1 fully saturated rings. The van der Waals surface area contributed by atoms with E-state index in [1.54, 1.807) is 20.2 Å². The molecule has 3 aromatic heterocycles. The van der Waals surface area contributed by atoms with Crippen LogP contribution in [0.1, 0.15) is 43.0 Å². The van der Waals surface area contributed by atoms with Crippen LogP contribution in [0.4, 0.5) is 11.8 Å². The van der Waals surface area contributed by atoms with E-state index in [2.05, 4.69) is 30.9 Å². The Hall–Kier alpha value is -3.53. The summed E-state index contributed by atoms with van der Waals surface area (Å²) in [5.74, 6) is 2.12. The Kier molecular flexibility index (Phi) is 7.69. The van der Waals surface area contributed by atoms with Crippen LogP contribution >= 0.6 is 0 Å². The Morgan fingerprint density at radius 3 is 2.62 bits per heavy atom. The number of methoxy groups -OCH3 is 1. The van der Waals surface area contributed by atoms with Gasteiger partial charge in [-0.1, -0.05) is 0 Å². The first-order valence-electron chi connectivity index (χ1n) is 11.6. The van der Waals surface area contributed by atoms with Crippen molar-refractivity contribution in [3.8, 4) is 5.88 Å². The lowest BCUT2D eigenvalue weighted by Gasteiger charge is -2.29. The van der Waals surface area contributed by atoms with Gasteiger partial charge in [0.2, 0.25) is 11.8 Å². The second-order valence-corrected chi connectivity index (χ2v) is 8.69. The fraction of sp³-hybridized carbons (Fsp3) is 0.458. The van der Waals surface area contributed by atoms with Gasteiger partial charge in [-0.2, -0.15) is 0 Å². The van der Waals surface area contributed by atoms with E-state index in [4.69, 9.17) is 9.72 Å². The monoisotopic (exact) mass is 465 g/mol. The van der Waals surface area contributed by atoms with Crippen molar-refractivity contribution < 1.29 is 14.6 Å². The molecule has 3 heterocycles. The van der Waals surface area contributed by atoms with Crippen LogP contribution in [0.25, 0.3) is 10.9 Å². The van der Waals surface area contributed by atoms with Crippen LogP contribution in [-0.2, 0) is 0 Å². The standard InChI is InChI=1S/C24H31N7O3/c1-15(32)11-26-22(33)18-13-28-24(29-14-18)27-12-16-3-6-19(7-4-16)30-20-8-5-17-9-10-25-23(34-2)21(17)31-20/h5,8-10,13-16,19,32H,3-4,6-7,11-12H2,1-2H3,(H,26,33)(H,30,31)(H,27,28,29). The molecule has 1 amide bonds. The van der Waals surface area contributed by atoms with Crippen LogP contribution in [0.15, 0.2) is 36.8 Å². The predicted molar refractivity (Wildman–Crippen MR) is 130 cm³/mol. The molecule has 4 N–H and O–H groups in total. The van der Waals surface area contributed by atoms with Gasteiger partial charge in [0.1, 0.15) is 11.3 Å². The predicted octanol–water partition coefficient (Wildman–Crippen LogP) is 2.62. The third-order valence-corrected chi connectivity index (χ3v) is 5.99. The molecule has 10 heteroatoms. The summed E-state index contributed by atoms with van der Waals surface area (Å²) >= 11 is 0. The highest BCUT2D eigenvalue weighted by atomic mass is 16.5. The van der Waals surface area contributed by atoms with Crippen molar-refractivity contribution in [3.63, 3.8) is 0 Å². The molecule has 0 saturated heterocycles. The molecular formula is C24H31N7O3. The highest BCUT2D eigenvalue weighted by Gasteiger charge is 2.22. The average Bonchev–Trinajstić information content (AvgIpc) is 2.86. The molecule has 180 valence electrons. The molecule has 0 aliphatic heterocycles. The van der Waals surface area contributed by atoms with Crippen LogP contribution < -0.4 is 20.7 Å². The number of nitrogens with one attached hydrogen (secondary N) is 3. The fourth-order valence-electron chi connectivity index (χ4n) is 4.09. The number of hydrogen-bond donors (Lipinski definition) is 4. The number of aliphatic hydroxyl groups is 1. The van der Waals surface area contributed by atoms with Crippen molar-refractivity contribution in [3.05, 3.63) is 42.4 Å². The topological polar surface area (TPSA) is 134 Å². The van der Waals surface area contributed by atoms with E-state index in [1.807, 2.05) is 18.2 Å². The second-order valence-electron chi connectivity index (χ2n) is 8.69. The minimum Gasteiger partial charge on any atom is -0.479 e. The quantitative estimate of drug-likeness (QED) is 0.376. The first-order chi connectivity index (χ1) is 16.5. The molecule has 10 nitrogen and oxygen atoms in total. The number of pyridine rings is 2. The second kappa shape index (κ2) is 11.1. The number of aromatic nitrogens is 4. The molecule has 1 saturated carbocycles. The normalized spacial score (nSPS) is 18.8. The molecule has 1 aliphatic carbocycles. The highest BCUT2D eigenvalue weighted by Crippen LogP contribution is 2.28. The van der Waals surface area contributed by atoms with Gasteiger partial charge in [0.05, 0.1) is 18.8 Å². The molecule has 0 aromatic carbocycles. The molecule has 4 rings (SSSR count). The maximum absolute atomic E-state index is 12.0. The Labute approximate surface area is 198 Å². The van der Waals surface area contributed by atoms with Crippen molar-refractivity contribution in [2.75, 3.05) is 30.8 Å². The summed E-state index contributed by atoms with van der Waals surface area (Å²) < 4.78 is 5.34. The summed E-state index contributed by atoms with van der Waals surface area (Å²) in [5, 5.41) is 19.7. The van der Waals surface area contributed by atoms with E-state index >= 15 is 0 Å². The van der Waals surface area contributed by atoms with Crippen molar-refractivity contribution >= 4 is 28.6 Å². The average molecular weight is 466 g/mol. The van der Waals surface area contributed by atoms with Crippen LogP contribution in [0.3, 0.4) is 0 Å². The van der Waals surface area contributed by atoms with Gasteiger partial charge in [0.25, 0.3) is 5.91 Å². The van der Waals surface area contributed by atoms with Crippen LogP contribution in [-0.4, -0.2) is 63.3 Å². The van der Waals surface area contributed by atoms with Gasteiger partial charge in [0.15, 0.2) is 0 Å². The number of nitrogens with zero attached hydrogens (tertiary/aromatic N) is 4. The third kappa shape index (κ3) is 6.07. The van der Waals surface area contributed by atoms with E-state index < -0.39 is 6.10 Å². The van der Waals surface area contributed by atoms with Crippen LogP contribution in [0.5, 0.6) is 5.88 Å². The van der Waals surface area contributed by atoms with Crippen molar-refractivity contribution in [1.29, 1.82) is 0 Å². The largest absolute Gasteiger partial charge is 0.479 e. The van der Waals surface area contributed by atoms with E-state index in [0.717, 1.165) is 48.9 Å². The van der Waals surface area contributed by atoms with Crippen molar-refractivity contribution in [1.82, 2.24) is 25.3 Å². The SMILES string of the molecule is COc1nccc2ccc(NC3CCC(CNc4ncc(C(=O)NCC(C)O)cn4)CC3)nc12. The molecule has 0 radical (unpaired) electrons. The number of rotatable bonds is 9. The van der Waals surface area contributed by atoms with Crippen molar-refractivity contribution in [2.24, 2.45) is 5.92 Å². The van der Waals surface area contributed by atoms with Gasteiger partial charge in [-0.15, -0.1) is 0 Å². The van der Waals surface area contributed by atoms with Gasteiger partial charge in [-0.25, -0.2) is 19.9 Å². The fourth-order valence-corrected chi connectivity index (χ4v) is 4.09. The summed E-state index contributed by atoms with van der Waals surface area (Å²) in [6.07, 6.45) is 8.40. The minimum absolute atomic E-state index is 0.193. The van der Waals surface area contributed by atoms with Crippen molar-refractivity contribution in [2.45, 2.75) is 44.8 Å². The number of aliphatic hydroxyl groups excluding tert-OH is 1. The molecular weight excluding hydrogens is 434 g/mol. The smallest absolute Gasteiger partial charge is 0.254 e. The molecule has 0 bridgehead atoms. The maximum atomic E-state index is 12.0. The molecule has 1 atom stereocenters. The zero-order valence-electron chi connectivity index (χ0n) is 19.5. The van der Waals surface area contributed by atoms with E-state index in [1.165, 1.54) is 12.4 Å². The number of hydrogen-bond acceptors (Lipinski definition) is 9. The number of carbonyl (C=O) groups is 1. The lowest BCUT2D eigenvalue weighted by Crippen LogP contribution is -2.31. The first kappa shape index (κ1) is 23.6. The van der Waals surface area contributed by atoms with E-state index in [0.29, 0.717) is 29.4 Å². The van der Waals surface area contributed by atoms with E-state index in [-0.39, 0.29) is 12.5 Å².